The third kappa shape index (κ3) is 2.60. The van der Waals surface area contributed by atoms with Gasteiger partial charge in [0.2, 0.25) is 5.91 Å². The number of amides is 1. The van der Waals surface area contributed by atoms with Gasteiger partial charge >= 0.3 is 0 Å². The van der Waals surface area contributed by atoms with Gasteiger partial charge in [0.15, 0.2) is 0 Å². The summed E-state index contributed by atoms with van der Waals surface area (Å²) in [4.78, 5) is 15.0. The Bertz CT molecular complexity index is 570. The van der Waals surface area contributed by atoms with Crippen LogP contribution >= 0.6 is 0 Å². The van der Waals surface area contributed by atoms with Crippen molar-refractivity contribution in [3.63, 3.8) is 0 Å². The van der Waals surface area contributed by atoms with Crippen molar-refractivity contribution in [1.29, 1.82) is 0 Å². The molecule has 0 atom stereocenters. The van der Waals surface area contributed by atoms with E-state index in [2.05, 4.69) is 4.98 Å². The fourth-order valence-corrected chi connectivity index (χ4v) is 1.56. The second kappa shape index (κ2) is 4.65. The number of aryl methyl sites for hydroxylation is 1. The molecule has 0 bridgehead atoms. The van der Waals surface area contributed by atoms with Crippen LogP contribution in [0.2, 0.25) is 0 Å². The normalized spacial score (nSPS) is 10.9. The summed E-state index contributed by atoms with van der Waals surface area (Å²) >= 11 is 0. The van der Waals surface area contributed by atoms with Crippen molar-refractivity contribution in [2.24, 2.45) is 5.73 Å². The van der Waals surface area contributed by atoms with Crippen molar-refractivity contribution in [2.45, 2.75) is 6.92 Å². The van der Waals surface area contributed by atoms with E-state index in [-0.39, 0.29) is 0 Å². The third-order valence-corrected chi connectivity index (χ3v) is 2.35. The number of nitrogens with zero attached hydrogens (tertiary/aromatic N) is 2. The van der Waals surface area contributed by atoms with E-state index < -0.39 is 5.91 Å². The topological polar surface area (TPSA) is 60.9 Å². The molecule has 0 radical (unpaired) electrons. The van der Waals surface area contributed by atoms with Gasteiger partial charge in [-0.05, 0) is 42.8 Å². The van der Waals surface area contributed by atoms with Crippen LogP contribution in [0.4, 0.5) is 0 Å². The van der Waals surface area contributed by atoms with E-state index in [1.165, 1.54) is 6.08 Å². The third-order valence-electron chi connectivity index (χ3n) is 2.35. The van der Waals surface area contributed by atoms with Crippen molar-refractivity contribution in [1.82, 2.24) is 9.55 Å². The summed E-state index contributed by atoms with van der Waals surface area (Å²) in [5.74, 6) is 0.356. The van der Waals surface area contributed by atoms with Crippen molar-refractivity contribution in [2.75, 3.05) is 0 Å². The molecule has 0 saturated heterocycles. The van der Waals surface area contributed by atoms with Gasteiger partial charge in [0.05, 0.1) is 0 Å². The van der Waals surface area contributed by atoms with Gasteiger partial charge in [0.25, 0.3) is 0 Å². The van der Waals surface area contributed by atoms with Gasteiger partial charge in [-0.25, -0.2) is 4.98 Å². The number of aromatic nitrogens is 2. The van der Waals surface area contributed by atoms with E-state index in [0.29, 0.717) is 0 Å². The molecule has 0 spiro atoms. The molecule has 0 aliphatic rings. The lowest BCUT2D eigenvalue weighted by Gasteiger charge is -2.05. The molecule has 4 heteroatoms. The van der Waals surface area contributed by atoms with Crippen LogP contribution in [0.25, 0.3) is 11.9 Å². The number of primary amides is 1. The van der Waals surface area contributed by atoms with Gasteiger partial charge in [0, 0.05) is 24.2 Å². The highest BCUT2D eigenvalue weighted by Crippen LogP contribution is 2.12. The molecule has 0 saturated carbocycles. The predicted octanol–water partition coefficient (Wildman–Crippen LogP) is 1.68. The van der Waals surface area contributed by atoms with Crippen LogP contribution in [0.3, 0.4) is 0 Å². The lowest BCUT2D eigenvalue weighted by molar-refractivity contribution is -0.113. The van der Waals surface area contributed by atoms with Gasteiger partial charge in [-0.1, -0.05) is 0 Å². The number of hydrogen-bond acceptors (Lipinski definition) is 2. The maximum Gasteiger partial charge on any atom is 0.241 e. The van der Waals surface area contributed by atoms with E-state index >= 15 is 0 Å². The summed E-state index contributed by atoms with van der Waals surface area (Å²) in [5.41, 5.74) is 7.07. The quantitative estimate of drug-likeness (QED) is 0.811. The fraction of sp³-hybridized carbons (Fsp3) is 0.0769. The van der Waals surface area contributed by atoms with Crippen LogP contribution in [0.1, 0.15) is 11.3 Å². The fourth-order valence-electron chi connectivity index (χ4n) is 1.56. The van der Waals surface area contributed by atoms with Crippen molar-refractivity contribution in [3.8, 4) is 5.82 Å². The summed E-state index contributed by atoms with van der Waals surface area (Å²) in [5, 5.41) is 0. The highest BCUT2D eigenvalue weighted by molar-refractivity contribution is 5.90. The molecule has 2 N–H and O–H groups in total. The lowest BCUT2D eigenvalue weighted by atomic mass is 10.3. The number of pyridine rings is 1. The Hall–Kier alpha value is -2.36. The van der Waals surface area contributed by atoms with Gasteiger partial charge < -0.3 is 10.3 Å². The largest absolute Gasteiger partial charge is 0.366 e. The van der Waals surface area contributed by atoms with E-state index in [1.54, 1.807) is 12.3 Å². The Morgan fingerprint density at radius 3 is 3.00 bits per heavy atom. The molecule has 0 aliphatic carbocycles. The monoisotopic (exact) mass is 227 g/mol. The molecule has 2 rings (SSSR count). The first-order valence-corrected chi connectivity index (χ1v) is 5.25. The molecule has 2 aromatic heterocycles. The second-order valence-electron chi connectivity index (χ2n) is 3.73. The molecule has 0 unspecified atom stereocenters. The molecule has 2 heterocycles. The van der Waals surface area contributed by atoms with Gasteiger partial charge in [-0.15, -0.1) is 0 Å². The van der Waals surface area contributed by atoms with Crippen molar-refractivity contribution < 1.29 is 4.79 Å². The van der Waals surface area contributed by atoms with Gasteiger partial charge in [-0.2, -0.15) is 0 Å². The summed E-state index contributed by atoms with van der Waals surface area (Å²) in [6.45, 7) is 2.01. The summed E-state index contributed by atoms with van der Waals surface area (Å²) in [7, 11) is 0. The molecule has 0 fully saturated rings. The van der Waals surface area contributed by atoms with E-state index in [4.69, 9.17) is 5.73 Å². The molecule has 0 aromatic carbocycles. The van der Waals surface area contributed by atoms with Crippen LogP contribution in [0, 0.1) is 6.92 Å². The Labute approximate surface area is 99.4 Å². The van der Waals surface area contributed by atoms with Crippen LogP contribution in [-0.4, -0.2) is 15.5 Å². The van der Waals surface area contributed by atoms with Gasteiger partial charge in [-0.3, -0.25) is 4.79 Å². The average molecular weight is 227 g/mol. The number of nitrogens with two attached hydrogens (primary N) is 1. The maximum absolute atomic E-state index is 10.7. The lowest BCUT2D eigenvalue weighted by Crippen LogP contribution is -2.05. The molecular formula is C13H13N3O. The molecule has 17 heavy (non-hydrogen) atoms. The second-order valence-corrected chi connectivity index (χ2v) is 3.73. The summed E-state index contributed by atoms with van der Waals surface area (Å²) in [6, 6.07) is 7.70. The smallest absolute Gasteiger partial charge is 0.241 e. The number of carbonyl (C=O) groups excluding carboxylic acids is 1. The highest BCUT2D eigenvalue weighted by atomic mass is 16.1. The zero-order valence-corrected chi connectivity index (χ0v) is 9.50. The van der Waals surface area contributed by atoms with Crippen LogP contribution in [0.5, 0.6) is 0 Å². The van der Waals surface area contributed by atoms with Gasteiger partial charge in [0.1, 0.15) is 5.82 Å². The standard InChI is InChI=1S/C13H13N3O/c1-10-6-7-15-13(9-10)16-8-2-3-11(16)4-5-12(14)17/h2-9H,1H3,(H2,14,17)/b5-4+. The first-order valence-electron chi connectivity index (χ1n) is 5.25. The predicted molar refractivity (Wildman–Crippen MR) is 66.5 cm³/mol. The number of rotatable bonds is 3. The average Bonchev–Trinajstić information content (AvgIpc) is 2.74. The van der Waals surface area contributed by atoms with Crippen LogP contribution < -0.4 is 5.73 Å². The minimum absolute atomic E-state index is 0.463. The first kappa shape index (κ1) is 11.1. The van der Waals surface area contributed by atoms with Crippen molar-refractivity contribution >= 4 is 12.0 Å². The Kier molecular flexibility index (Phi) is 3.05. The zero-order valence-electron chi connectivity index (χ0n) is 9.50. The first-order chi connectivity index (χ1) is 8.16. The molecule has 2 aromatic rings. The van der Waals surface area contributed by atoms with E-state index in [1.807, 2.05) is 42.0 Å². The molecule has 4 nitrogen and oxygen atoms in total. The molecule has 1 amide bonds. The van der Waals surface area contributed by atoms with Crippen molar-refractivity contribution in [3.05, 3.63) is 54.0 Å². The summed E-state index contributed by atoms with van der Waals surface area (Å²) < 4.78 is 1.90. The van der Waals surface area contributed by atoms with E-state index in [9.17, 15) is 4.79 Å². The number of hydrogen-bond donors (Lipinski definition) is 1. The Balaban J connectivity index is 2.40. The molecule has 0 aliphatic heterocycles. The minimum Gasteiger partial charge on any atom is -0.366 e. The molecule has 86 valence electrons. The highest BCUT2D eigenvalue weighted by Gasteiger charge is 2.01. The zero-order chi connectivity index (χ0) is 12.3. The van der Waals surface area contributed by atoms with E-state index in [0.717, 1.165) is 17.1 Å². The minimum atomic E-state index is -0.463. The Morgan fingerprint density at radius 2 is 2.29 bits per heavy atom. The molecular weight excluding hydrogens is 214 g/mol. The summed E-state index contributed by atoms with van der Waals surface area (Å²) in [6.07, 6.45) is 6.66. The van der Waals surface area contributed by atoms with Crippen LogP contribution in [-0.2, 0) is 4.79 Å². The maximum atomic E-state index is 10.7. The SMILES string of the molecule is Cc1ccnc(-n2cccc2/C=C/C(N)=O)c1. The number of carbonyl (C=O) groups is 1. The Morgan fingerprint density at radius 1 is 1.47 bits per heavy atom. The van der Waals surface area contributed by atoms with Crippen LogP contribution in [0.15, 0.2) is 42.7 Å².